The lowest BCUT2D eigenvalue weighted by Gasteiger charge is -2.14. The van der Waals surface area contributed by atoms with Gasteiger partial charge >= 0.3 is 5.97 Å². The van der Waals surface area contributed by atoms with Gasteiger partial charge in [-0.05, 0) is 39.0 Å². The van der Waals surface area contributed by atoms with Gasteiger partial charge in [0.05, 0.1) is 17.1 Å². The normalized spacial score (nSPS) is 11.6. The molecule has 0 aliphatic carbocycles. The molecule has 9 heteroatoms. The second kappa shape index (κ2) is 8.43. The number of rotatable bonds is 6. The number of anilines is 1. The molecule has 2 aromatic rings. The third kappa shape index (κ3) is 5.13. The third-order valence-electron chi connectivity index (χ3n) is 3.91. The molecule has 0 radical (unpaired) electrons. The summed E-state index contributed by atoms with van der Waals surface area (Å²) in [5.74, 6) is -2.48. The Bertz CT molecular complexity index is 878. The number of ether oxygens (including phenoxy) is 1. The molecule has 1 atom stereocenters. The monoisotopic (exact) mass is 376 g/mol. The number of aryl methyl sites for hydroxylation is 2. The summed E-state index contributed by atoms with van der Waals surface area (Å²) < 4.78 is 19.7. The van der Waals surface area contributed by atoms with Crippen molar-refractivity contribution in [2.75, 3.05) is 11.9 Å². The van der Waals surface area contributed by atoms with Gasteiger partial charge in [-0.2, -0.15) is 5.10 Å². The number of carbonyl (C=O) groups excluding carboxylic acids is 3. The molecule has 0 fully saturated rings. The Kier molecular flexibility index (Phi) is 6.27. The van der Waals surface area contributed by atoms with Crippen LogP contribution in [0.15, 0.2) is 24.3 Å². The van der Waals surface area contributed by atoms with Crippen molar-refractivity contribution in [3.05, 3.63) is 47.0 Å². The first-order chi connectivity index (χ1) is 12.7. The van der Waals surface area contributed by atoms with E-state index in [1.807, 2.05) is 0 Å². The number of nitrogens with one attached hydrogen (secondary N) is 2. The molecule has 2 amide bonds. The molecule has 8 nitrogen and oxygen atoms in total. The zero-order chi connectivity index (χ0) is 20.1. The minimum absolute atomic E-state index is 0.0797. The van der Waals surface area contributed by atoms with Gasteiger partial charge < -0.3 is 15.4 Å². The van der Waals surface area contributed by atoms with Gasteiger partial charge in [0, 0.05) is 12.6 Å². The van der Waals surface area contributed by atoms with E-state index < -0.39 is 36.2 Å². The Hall–Kier alpha value is -3.23. The largest absolute Gasteiger partial charge is 0.451 e. The van der Waals surface area contributed by atoms with E-state index in [0.29, 0.717) is 11.4 Å². The van der Waals surface area contributed by atoms with Crippen LogP contribution in [-0.4, -0.2) is 40.2 Å². The van der Waals surface area contributed by atoms with Crippen LogP contribution >= 0.6 is 0 Å². The minimum atomic E-state index is -1.07. The average molecular weight is 376 g/mol. The molecular weight excluding hydrogens is 355 g/mol. The SMILES string of the molecule is Cc1nn(C)c(C)c1NC(=O)[C@H](C)OC(=O)CNC(=O)c1cccc(F)c1. The summed E-state index contributed by atoms with van der Waals surface area (Å²) in [4.78, 5) is 35.9. The second-order valence-electron chi connectivity index (χ2n) is 5.98. The zero-order valence-corrected chi connectivity index (χ0v) is 15.5. The van der Waals surface area contributed by atoms with E-state index in [9.17, 15) is 18.8 Å². The standard InChI is InChI=1S/C18H21FN4O4/c1-10-16(11(2)23(4)22-10)21-17(25)12(3)27-15(24)9-20-18(26)13-6-5-7-14(19)8-13/h5-8,12H,9H2,1-4H3,(H,20,26)(H,21,25)/t12-/m0/s1. The lowest BCUT2D eigenvalue weighted by atomic mass is 10.2. The fraction of sp³-hybridized carbons (Fsp3) is 0.333. The lowest BCUT2D eigenvalue weighted by Crippen LogP contribution is -2.36. The summed E-state index contributed by atoms with van der Waals surface area (Å²) in [6.45, 7) is 4.52. The highest BCUT2D eigenvalue weighted by Crippen LogP contribution is 2.18. The number of hydrogen-bond donors (Lipinski definition) is 2. The first-order valence-corrected chi connectivity index (χ1v) is 8.23. The number of nitrogens with zero attached hydrogens (tertiary/aromatic N) is 2. The van der Waals surface area contributed by atoms with Crippen molar-refractivity contribution >= 4 is 23.5 Å². The number of halogens is 1. The van der Waals surface area contributed by atoms with Gasteiger partial charge in [0.1, 0.15) is 12.4 Å². The molecule has 1 aromatic heterocycles. The summed E-state index contributed by atoms with van der Waals surface area (Å²) in [6.07, 6.45) is -1.07. The van der Waals surface area contributed by atoms with Crippen LogP contribution in [0, 0.1) is 19.7 Å². The van der Waals surface area contributed by atoms with E-state index in [2.05, 4.69) is 15.7 Å². The number of aromatic nitrogens is 2. The molecule has 0 aliphatic rings. The molecule has 0 aliphatic heterocycles. The van der Waals surface area contributed by atoms with E-state index in [1.54, 1.807) is 25.6 Å². The molecule has 0 unspecified atom stereocenters. The van der Waals surface area contributed by atoms with Gasteiger partial charge in [0.2, 0.25) is 0 Å². The molecule has 0 saturated heterocycles. The van der Waals surface area contributed by atoms with Crippen molar-refractivity contribution < 1.29 is 23.5 Å². The maximum absolute atomic E-state index is 13.1. The van der Waals surface area contributed by atoms with E-state index in [1.165, 1.54) is 25.1 Å². The van der Waals surface area contributed by atoms with Crippen molar-refractivity contribution in [2.45, 2.75) is 26.9 Å². The first-order valence-electron chi connectivity index (χ1n) is 8.23. The third-order valence-corrected chi connectivity index (χ3v) is 3.91. The van der Waals surface area contributed by atoms with E-state index in [4.69, 9.17) is 4.74 Å². The van der Waals surface area contributed by atoms with Crippen LogP contribution in [0.5, 0.6) is 0 Å². The summed E-state index contributed by atoms with van der Waals surface area (Å²) in [7, 11) is 1.75. The minimum Gasteiger partial charge on any atom is -0.451 e. The molecular formula is C18H21FN4O4. The Morgan fingerprint density at radius 3 is 2.59 bits per heavy atom. The molecule has 0 spiro atoms. The molecule has 144 valence electrons. The van der Waals surface area contributed by atoms with Crippen LogP contribution in [-0.2, 0) is 21.4 Å². The van der Waals surface area contributed by atoms with E-state index in [0.717, 1.165) is 11.8 Å². The maximum atomic E-state index is 13.1. The fourth-order valence-corrected chi connectivity index (χ4v) is 2.36. The zero-order valence-electron chi connectivity index (χ0n) is 15.5. The van der Waals surface area contributed by atoms with Crippen LogP contribution < -0.4 is 10.6 Å². The number of carbonyl (C=O) groups is 3. The first kappa shape index (κ1) is 20.1. The smallest absolute Gasteiger partial charge is 0.326 e. The summed E-state index contributed by atoms with van der Waals surface area (Å²) in [5.41, 5.74) is 2.05. The molecule has 2 N–H and O–H groups in total. The summed E-state index contributed by atoms with van der Waals surface area (Å²) >= 11 is 0. The van der Waals surface area contributed by atoms with Crippen molar-refractivity contribution in [2.24, 2.45) is 7.05 Å². The Labute approximate surface area is 155 Å². The molecule has 1 heterocycles. The lowest BCUT2D eigenvalue weighted by molar-refractivity contribution is -0.152. The van der Waals surface area contributed by atoms with Crippen molar-refractivity contribution in [3.63, 3.8) is 0 Å². The Balaban J connectivity index is 1.85. The molecule has 1 aromatic carbocycles. The quantitative estimate of drug-likeness (QED) is 0.744. The summed E-state index contributed by atoms with van der Waals surface area (Å²) in [6, 6.07) is 5.06. The topological polar surface area (TPSA) is 102 Å². The van der Waals surface area contributed by atoms with Crippen molar-refractivity contribution in [1.82, 2.24) is 15.1 Å². The molecule has 27 heavy (non-hydrogen) atoms. The van der Waals surface area contributed by atoms with Crippen LogP contribution in [0.25, 0.3) is 0 Å². The van der Waals surface area contributed by atoms with Gasteiger partial charge in [0.25, 0.3) is 11.8 Å². The van der Waals surface area contributed by atoms with Crippen LogP contribution in [0.1, 0.15) is 28.7 Å². The highest BCUT2D eigenvalue weighted by atomic mass is 19.1. The van der Waals surface area contributed by atoms with Gasteiger partial charge in [-0.3, -0.25) is 19.1 Å². The average Bonchev–Trinajstić information content (AvgIpc) is 2.85. The van der Waals surface area contributed by atoms with Crippen LogP contribution in [0.2, 0.25) is 0 Å². The maximum Gasteiger partial charge on any atom is 0.326 e. The summed E-state index contributed by atoms with van der Waals surface area (Å²) in [5, 5.41) is 9.18. The van der Waals surface area contributed by atoms with E-state index in [-0.39, 0.29) is 5.56 Å². The number of amides is 2. The second-order valence-corrected chi connectivity index (χ2v) is 5.98. The van der Waals surface area contributed by atoms with Gasteiger partial charge in [-0.1, -0.05) is 6.07 Å². The predicted molar refractivity (Wildman–Crippen MR) is 95.6 cm³/mol. The number of benzene rings is 1. The van der Waals surface area contributed by atoms with Crippen LogP contribution in [0.4, 0.5) is 10.1 Å². The van der Waals surface area contributed by atoms with E-state index >= 15 is 0 Å². The van der Waals surface area contributed by atoms with Gasteiger partial charge in [0.15, 0.2) is 6.10 Å². The molecule has 0 saturated carbocycles. The highest BCUT2D eigenvalue weighted by Gasteiger charge is 2.21. The Morgan fingerprint density at radius 2 is 2.00 bits per heavy atom. The highest BCUT2D eigenvalue weighted by molar-refractivity contribution is 5.97. The van der Waals surface area contributed by atoms with Crippen molar-refractivity contribution in [1.29, 1.82) is 0 Å². The van der Waals surface area contributed by atoms with Gasteiger partial charge in [-0.15, -0.1) is 0 Å². The Morgan fingerprint density at radius 1 is 1.30 bits per heavy atom. The predicted octanol–water partition coefficient (Wildman–Crippen LogP) is 1.48. The fourth-order valence-electron chi connectivity index (χ4n) is 2.36. The molecule has 2 rings (SSSR count). The van der Waals surface area contributed by atoms with Crippen LogP contribution in [0.3, 0.4) is 0 Å². The number of esters is 1. The van der Waals surface area contributed by atoms with Gasteiger partial charge in [-0.25, -0.2) is 4.39 Å². The number of hydrogen-bond acceptors (Lipinski definition) is 5. The van der Waals surface area contributed by atoms with Crippen molar-refractivity contribution in [3.8, 4) is 0 Å². The molecule has 0 bridgehead atoms.